The number of carbonyl (C=O) groups is 2. The van der Waals surface area contributed by atoms with Crippen LogP contribution in [0, 0.1) is 0 Å². The van der Waals surface area contributed by atoms with Crippen LogP contribution < -0.4 is 5.73 Å². The molecule has 0 saturated carbocycles. The molecule has 0 radical (unpaired) electrons. The SMILES string of the molecule is NC1(C(=O)O)CCN(C(=O)c2ccc(Br)cc2Br)C1. The Labute approximate surface area is 127 Å². The smallest absolute Gasteiger partial charge is 0.325 e. The van der Waals surface area contributed by atoms with Gasteiger partial charge < -0.3 is 15.7 Å². The molecule has 3 N–H and O–H groups in total. The molecular formula is C12H12Br2N2O3. The minimum absolute atomic E-state index is 0.0314. The van der Waals surface area contributed by atoms with Gasteiger partial charge in [-0.1, -0.05) is 15.9 Å². The molecule has 19 heavy (non-hydrogen) atoms. The Morgan fingerprint density at radius 2 is 2.05 bits per heavy atom. The predicted octanol–water partition coefficient (Wildman–Crippen LogP) is 1.84. The monoisotopic (exact) mass is 390 g/mol. The van der Waals surface area contributed by atoms with Gasteiger partial charge in [0.1, 0.15) is 5.54 Å². The van der Waals surface area contributed by atoms with Crippen LogP contribution in [0.1, 0.15) is 16.8 Å². The van der Waals surface area contributed by atoms with Crippen LogP contribution in [0.2, 0.25) is 0 Å². The maximum absolute atomic E-state index is 12.3. The fourth-order valence-electron chi connectivity index (χ4n) is 2.01. The highest BCUT2D eigenvalue weighted by atomic mass is 79.9. The van der Waals surface area contributed by atoms with Gasteiger partial charge in [-0.25, -0.2) is 0 Å². The maximum Gasteiger partial charge on any atom is 0.325 e. The number of aliphatic carboxylic acids is 1. The number of carbonyl (C=O) groups excluding carboxylic acids is 1. The van der Waals surface area contributed by atoms with Crippen molar-refractivity contribution in [2.45, 2.75) is 12.0 Å². The van der Waals surface area contributed by atoms with Crippen molar-refractivity contribution in [3.63, 3.8) is 0 Å². The summed E-state index contributed by atoms with van der Waals surface area (Å²) in [6, 6.07) is 5.23. The van der Waals surface area contributed by atoms with Gasteiger partial charge in [0.05, 0.1) is 5.56 Å². The molecule has 2 rings (SSSR count). The van der Waals surface area contributed by atoms with Crippen molar-refractivity contribution in [1.29, 1.82) is 0 Å². The molecule has 0 aromatic heterocycles. The van der Waals surface area contributed by atoms with Gasteiger partial charge in [-0.05, 0) is 40.5 Å². The summed E-state index contributed by atoms with van der Waals surface area (Å²) in [6.07, 6.45) is 0.266. The number of hydrogen-bond acceptors (Lipinski definition) is 3. The van der Waals surface area contributed by atoms with E-state index < -0.39 is 11.5 Å². The van der Waals surface area contributed by atoms with Crippen LogP contribution in [-0.4, -0.2) is 40.5 Å². The van der Waals surface area contributed by atoms with Crippen LogP contribution in [0.5, 0.6) is 0 Å². The second-order valence-electron chi connectivity index (χ2n) is 4.56. The average Bonchev–Trinajstić information content (AvgIpc) is 2.73. The molecule has 1 aliphatic heterocycles. The summed E-state index contributed by atoms with van der Waals surface area (Å²) in [5.74, 6) is -1.29. The molecule has 1 saturated heterocycles. The third kappa shape index (κ3) is 2.82. The largest absolute Gasteiger partial charge is 0.480 e. The highest BCUT2D eigenvalue weighted by Gasteiger charge is 2.43. The molecule has 1 heterocycles. The molecule has 1 fully saturated rings. The minimum Gasteiger partial charge on any atom is -0.480 e. The normalized spacial score (nSPS) is 22.6. The lowest BCUT2D eigenvalue weighted by Crippen LogP contribution is -2.50. The van der Waals surface area contributed by atoms with Crippen LogP contribution in [0.15, 0.2) is 27.1 Å². The molecular weight excluding hydrogens is 380 g/mol. The third-order valence-corrected chi connectivity index (χ3v) is 4.32. The Morgan fingerprint density at radius 3 is 2.58 bits per heavy atom. The number of nitrogens with zero attached hydrogens (tertiary/aromatic N) is 1. The van der Waals surface area contributed by atoms with Gasteiger partial charge in [0.2, 0.25) is 0 Å². The molecule has 5 nitrogen and oxygen atoms in total. The number of likely N-dealkylation sites (tertiary alicyclic amines) is 1. The summed E-state index contributed by atoms with van der Waals surface area (Å²) in [5, 5.41) is 9.06. The van der Waals surface area contributed by atoms with Gasteiger partial charge in [0.15, 0.2) is 0 Å². The summed E-state index contributed by atoms with van der Waals surface area (Å²) in [7, 11) is 0. The van der Waals surface area contributed by atoms with Crippen LogP contribution in [0.4, 0.5) is 0 Å². The quantitative estimate of drug-likeness (QED) is 0.805. The van der Waals surface area contributed by atoms with E-state index in [2.05, 4.69) is 31.9 Å². The minimum atomic E-state index is -1.34. The topological polar surface area (TPSA) is 83.6 Å². The molecule has 1 atom stereocenters. The number of carboxylic acids is 1. The third-order valence-electron chi connectivity index (χ3n) is 3.18. The Balaban J connectivity index is 2.20. The van der Waals surface area contributed by atoms with Gasteiger partial charge in [-0.3, -0.25) is 9.59 Å². The Hall–Kier alpha value is -0.920. The van der Waals surface area contributed by atoms with Crippen molar-refractivity contribution in [1.82, 2.24) is 4.90 Å². The number of carboxylic acid groups (broad SMARTS) is 1. The summed E-state index contributed by atoms with van der Waals surface area (Å²) < 4.78 is 1.52. The van der Waals surface area contributed by atoms with Gasteiger partial charge in [0, 0.05) is 22.0 Å². The van der Waals surface area contributed by atoms with Gasteiger partial charge >= 0.3 is 5.97 Å². The number of benzene rings is 1. The fraction of sp³-hybridized carbons (Fsp3) is 0.333. The van der Waals surface area contributed by atoms with Crippen molar-refractivity contribution < 1.29 is 14.7 Å². The van der Waals surface area contributed by atoms with Crippen molar-refractivity contribution in [3.8, 4) is 0 Å². The summed E-state index contributed by atoms with van der Waals surface area (Å²) in [6.45, 7) is 0.383. The first-order valence-electron chi connectivity index (χ1n) is 5.60. The summed E-state index contributed by atoms with van der Waals surface area (Å²) in [5.41, 5.74) is 4.92. The van der Waals surface area contributed by atoms with E-state index in [1.54, 1.807) is 18.2 Å². The highest BCUT2D eigenvalue weighted by molar-refractivity contribution is 9.11. The van der Waals surface area contributed by atoms with E-state index >= 15 is 0 Å². The lowest BCUT2D eigenvalue weighted by atomic mass is 10.0. The van der Waals surface area contributed by atoms with Crippen LogP contribution >= 0.6 is 31.9 Å². The average molecular weight is 392 g/mol. The first-order chi connectivity index (χ1) is 8.83. The molecule has 1 aromatic rings. The molecule has 1 amide bonds. The van der Waals surface area contributed by atoms with Gasteiger partial charge in [0.25, 0.3) is 5.91 Å². The van der Waals surface area contributed by atoms with Crippen LogP contribution in [0.25, 0.3) is 0 Å². The van der Waals surface area contributed by atoms with Crippen LogP contribution in [-0.2, 0) is 4.79 Å². The van der Waals surface area contributed by atoms with E-state index in [4.69, 9.17) is 10.8 Å². The van der Waals surface area contributed by atoms with E-state index in [1.165, 1.54) is 4.90 Å². The lowest BCUT2D eigenvalue weighted by molar-refractivity contribution is -0.142. The maximum atomic E-state index is 12.3. The zero-order valence-corrected chi connectivity index (χ0v) is 13.1. The van der Waals surface area contributed by atoms with E-state index in [0.717, 1.165) is 4.47 Å². The van der Waals surface area contributed by atoms with E-state index in [-0.39, 0.29) is 18.9 Å². The summed E-state index contributed by atoms with van der Waals surface area (Å²) in [4.78, 5) is 24.9. The predicted molar refractivity (Wildman–Crippen MR) is 76.9 cm³/mol. The first-order valence-corrected chi connectivity index (χ1v) is 7.19. The highest BCUT2D eigenvalue weighted by Crippen LogP contribution is 2.26. The number of amides is 1. The zero-order valence-electron chi connectivity index (χ0n) is 9.90. The molecule has 1 aromatic carbocycles. The second-order valence-corrected chi connectivity index (χ2v) is 6.33. The van der Waals surface area contributed by atoms with Crippen molar-refractivity contribution in [2.24, 2.45) is 5.73 Å². The van der Waals surface area contributed by atoms with E-state index in [9.17, 15) is 9.59 Å². The molecule has 1 unspecified atom stereocenters. The number of hydrogen-bond donors (Lipinski definition) is 2. The van der Waals surface area contributed by atoms with Crippen molar-refractivity contribution >= 4 is 43.7 Å². The first kappa shape index (κ1) is 14.5. The lowest BCUT2D eigenvalue weighted by Gasteiger charge is -2.20. The molecule has 102 valence electrons. The molecule has 0 bridgehead atoms. The number of rotatable bonds is 2. The van der Waals surface area contributed by atoms with Crippen molar-refractivity contribution in [3.05, 3.63) is 32.7 Å². The van der Waals surface area contributed by atoms with Crippen molar-refractivity contribution in [2.75, 3.05) is 13.1 Å². The Bertz CT molecular complexity index is 550. The standard InChI is InChI=1S/C12H12Br2N2O3/c13-7-1-2-8(9(14)5-7)10(17)16-4-3-12(15,6-16)11(18)19/h1-2,5H,3-4,6,15H2,(H,18,19). The number of nitrogens with two attached hydrogens (primary N) is 1. The fourth-order valence-corrected chi connectivity index (χ4v) is 3.23. The van der Waals surface area contributed by atoms with E-state index in [1.807, 2.05) is 0 Å². The molecule has 0 spiro atoms. The molecule has 1 aliphatic rings. The zero-order chi connectivity index (χ0) is 14.2. The van der Waals surface area contributed by atoms with Gasteiger partial charge in [-0.15, -0.1) is 0 Å². The van der Waals surface area contributed by atoms with E-state index in [0.29, 0.717) is 16.6 Å². The van der Waals surface area contributed by atoms with Crippen LogP contribution in [0.3, 0.4) is 0 Å². The summed E-state index contributed by atoms with van der Waals surface area (Å²) >= 11 is 6.64. The number of halogens is 2. The Kier molecular flexibility index (Phi) is 3.98. The second kappa shape index (κ2) is 5.22. The van der Waals surface area contributed by atoms with Gasteiger partial charge in [-0.2, -0.15) is 0 Å². The molecule has 7 heteroatoms. The Morgan fingerprint density at radius 1 is 1.37 bits per heavy atom. The molecule has 0 aliphatic carbocycles.